The van der Waals surface area contributed by atoms with E-state index < -0.39 is 5.97 Å². The Morgan fingerprint density at radius 2 is 2.13 bits per heavy atom. The molecule has 0 bridgehead atoms. The fraction of sp³-hybridized carbons (Fsp3) is 0.529. The molecule has 0 radical (unpaired) electrons. The summed E-state index contributed by atoms with van der Waals surface area (Å²) in [5.74, 6) is -0.0238. The molecule has 1 unspecified atom stereocenters. The molecular formula is C17H22BrNO4. The van der Waals surface area contributed by atoms with Gasteiger partial charge in [-0.3, -0.25) is 9.59 Å². The molecular weight excluding hydrogens is 362 g/mol. The van der Waals surface area contributed by atoms with E-state index in [2.05, 4.69) is 15.9 Å². The van der Waals surface area contributed by atoms with Crippen molar-refractivity contribution in [2.75, 3.05) is 13.2 Å². The highest BCUT2D eigenvalue weighted by atomic mass is 79.9. The van der Waals surface area contributed by atoms with Crippen molar-refractivity contribution in [3.8, 4) is 5.75 Å². The average Bonchev–Trinajstić information content (AvgIpc) is 2.53. The Bertz CT molecular complexity index is 549. The third-order valence-corrected chi connectivity index (χ3v) is 4.51. The summed E-state index contributed by atoms with van der Waals surface area (Å²) in [6.07, 6.45) is 3.91. The standard InChI is InChI=1S/C17H22BrNO4/c18-13-4-3-6-15(12-13)23-11-9-16(20)19-10-2-1-5-14(19)7-8-17(21)22/h3-4,6,12,14H,1-2,5,7-11H2,(H,21,22). The molecule has 5 nitrogen and oxygen atoms in total. The van der Waals surface area contributed by atoms with E-state index in [1.54, 1.807) is 0 Å². The number of nitrogens with zero attached hydrogens (tertiary/aromatic N) is 1. The Morgan fingerprint density at radius 3 is 2.87 bits per heavy atom. The molecule has 1 fully saturated rings. The molecule has 0 aromatic heterocycles. The number of hydrogen-bond donors (Lipinski definition) is 1. The zero-order valence-electron chi connectivity index (χ0n) is 13.0. The van der Waals surface area contributed by atoms with Crippen molar-refractivity contribution < 1.29 is 19.4 Å². The molecule has 0 spiro atoms. The van der Waals surface area contributed by atoms with Gasteiger partial charge in [0.15, 0.2) is 0 Å². The van der Waals surface area contributed by atoms with Gasteiger partial charge in [-0.2, -0.15) is 0 Å². The lowest BCUT2D eigenvalue weighted by atomic mass is 9.97. The monoisotopic (exact) mass is 383 g/mol. The van der Waals surface area contributed by atoms with Gasteiger partial charge in [0.1, 0.15) is 5.75 Å². The van der Waals surface area contributed by atoms with E-state index in [0.717, 1.165) is 36.0 Å². The summed E-state index contributed by atoms with van der Waals surface area (Å²) in [6, 6.07) is 7.57. The molecule has 126 valence electrons. The summed E-state index contributed by atoms with van der Waals surface area (Å²) in [5.41, 5.74) is 0. The molecule has 1 heterocycles. The largest absolute Gasteiger partial charge is 0.493 e. The number of carbonyl (C=O) groups is 2. The van der Waals surface area contributed by atoms with Crippen molar-refractivity contribution in [3.05, 3.63) is 28.7 Å². The van der Waals surface area contributed by atoms with Crippen molar-refractivity contribution in [1.29, 1.82) is 0 Å². The van der Waals surface area contributed by atoms with Crippen LogP contribution < -0.4 is 4.74 Å². The average molecular weight is 384 g/mol. The number of rotatable bonds is 7. The van der Waals surface area contributed by atoms with Gasteiger partial charge in [-0.1, -0.05) is 22.0 Å². The summed E-state index contributed by atoms with van der Waals surface area (Å²) >= 11 is 3.38. The lowest BCUT2D eigenvalue weighted by Crippen LogP contribution is -2.44. The highest BCUT2D eigenvalue weighted by Crippen LogP contribution is 2.22. The molecule has 1 aliphatic rings. The maximum absolute atomic E-state index is 12.4. The zero-order chi connectivity index (χ0) is 16.7. The predicted molar refractivity (Wildman–Crippen MR) is 90.5 cm³/mol. The van der Waals surface area contributed by atoms with E-state index in [-0.39, 0.29) is 18.4 Å². The van der Waals surface area contributed by atoms with Crippen LogP contribution in [0.2, 0.25) is 0 Å². The molecule has 1 aliphatic heterocycles. The van der Waals surface area contributed by atoms with Crippen LogP contribution in [-0.4, -0.2) is 41.1 Å². The van der Waals surface area contributed by atoms with E-state index in [1.807, 2.05) is 29.2 Å². The normalized spacial score (nSPS) is 17.8. The Kier molecular flexibility index (Phi) is 6.89. The summed E-state index contributed by atoms with van der Waals surface area (Å²) in [6.45, 7) is 1.05. The first-order chi connectivity index (χ1) is 11.1. The highest BCUT2D eigenvalue weighted by molar-refractivity contribution is 9.10. The number of piperidine rings is 1. The quantitative estimate of drug-likeness (QED) is 0.782. The molecule has 1 N–H and O–H groups in total. The molecule has 23 heavy (non-hydrogen) atoms. The van der Waals surface area contributed by atoms with Crippen LogP contribution in [-0.2, 0) is 9.59 Å². The van der Waals surface area contributed by atoms with Crippen LogP contribution in [0, 0.1) is 0 Å². The summed E-state index contributed by atoms with van der Waals surface area (Å²) < 4.78 is 6.55. The van der Waals surface area contributed by atoms with Crippen molar-refractivity contribution in [2.45, 2.75) is 44.6 Å². The van der Waals surface area contributed by atoms with Crippen LogP contribution in [0.4, 0.5) is 0 Å². The van der Waals surface area contributed by atoms with E-state index >= 15 is 0 Å². The van der Waals surface area contributed by atoms with Gasteiger partial charge in [0.05, 0.1) is 13.0 Å². The highest BCUT2D eigenvalue weighted by Gasteiger charge is 2.26. The van der Waals surface area contributed by atoms with Crippen LogP contribution in [0.25, 0.3) is 0 Å². The molecule has 1 saturated heterocycles. The number of benzene rings is 1. The topological polar surface area (TPSA) is 66.8 Å². The molecule has 6 heteroatoms. The summed E-state index contributed by atoms with van der Waals surface area (Å²) in [7, 11) is 0. The van der Waals surface area contributed by atoms with Gasteiger partial charge in [0, 0.05) is 23.5 Å². The van der Waals surface area contributed by atoms with Crippen LogP contribution in [0.5, 0.6) is 5.75 Å². The van der Waals surface area contributed by atoms with Gasteiger partial charge in [-0.15, -0.1) is 0 Å². The second-order valence-electron chi connectivity index (χ2n) is 5.72. The Balaban J connectivity index is 1.81. The number of amides is 1. The Hall–Kier alpha value is -1.56. The van der Waals surface area contributed by atoms with E-state index in [1.165, 1.54) is 0 Å². The smallest absolute Gasteiger partial charge is 0.303 e. The van der Waals surface area contributed by atoms with Crippen LogP contribution in [0.3, 0.4) is 0 Å². The zero-order valence-corrected chi connectivity index (χ0v) is 14.6. The summed E-state index contributed by atoms with van der Waals surface area (Å²) in [4.78, 5) is 25.0. The molecule has 1 aromatic carbocycles. The van der Waals surface area contributed by atoms with Gasteiger partial charge >= 0.3 is 5.97 Å². The number of aliphatic carboxylic acids is 1. The molecule has 2 rings (SSSR count). The molecule has 1 amide bonds. The van der Waals surface area contributed by atoms with Crippen molar-refractivity contribution in [2.24, 2.45) is 0 Å². The van der Waals surface area contributed by atoms with Gasteiger partial charge in [0.25, 0.3) is 0 Å². The molecule has 0 saturated carbocycles. The number of likely N-dealkylation sites (tertiary alicyclic amines) is 1. The van der Waals surface area contributed by atoms with Crippen molar-refractivity contribution in [3.63, 3.8) is 0 Å². The van der Waals surface area contributed by atoms with E-state index in [0.29, 0.717) is 19.4 Å². The molecule has 1 aromatic rings. The van der Waals surface area contributed by atoms with Crippen LogP contribution in [0.1, 0.15) is 38.5 Å². The second kappa shape index (κ2) is 8.91. The lowest BCUT2D eigenvalue weighted by molar-refractivity contribution is -0.140. The van der Waals surface area contributed by atoms with E-state index in [4.69, 9.17) is 9.84 Å². The Labute approximate surface area is 144 Å². The molecule has 0 aliphatic carbocycles. The van der Waals surface area contributed by atoms with Gasteiger partial charge in [-0.25, -0.2) is 0 Å². The minimum atomic E-state index is -0.805. The minimum absolute atomic E-state index is 0.0510. The number of ether oxygens (including phenoxy) is 1. The maximum Gasteiger partial charge on any atom is 0.303 e. The number of carboxylic acid groups (broad SMARTS) is 1. The minimum Gasteiger partial charge on any atom is -0.493 e. The second-order valence-corrected chi connectivity index (χ2v) is 6.64. The van der Waals surface area contributed by atoms with Crippen LogP contribution in [0.15, 0.2) is 28.7 Å². The maximum atomic E-state index is 12.4. The number of carbonyl (C=O) groups excluding carboxylic acids is 1. The summed E-state index contributed by atoms with van der Waals surface area (Å²) in [5, 5.41) is 8.83. The van der Waals surface area contributed by atoms with Crippen molar-refractivity contribution >= 4 is 27.8 Å². The van der Waals surface area contributed by atoms with Crippen molar-refractivity contribution in [1.82, 2.24) is 4.90 Å². The SMILES string of the molecule is O=C(O)CCC1CCCCN1C(=O)CCOc1cccc(Br)c1. The number of hydrogen-bond acceptors (Lipinski definition) is 3. The first kappa shape index (κ1) is 17.8. The van der Waals surface area contributed by atoms with E-state index in [9.17, 15) is 9.59 Å². The van der Waals surface area contributed by atoms with Gasteiger partial charge in [0.2, 0.25) is 5.91 Å². The molecule has 1 atom stereocenters. The van der Waals surface area contributed by atoms with Crippen LogP contribution >= 0.6 is 15.9 Å². The fourth-order valence-corrected chi connectivity index (χ4v) is 3.25. The lowest BCUT2D eigenvalue weighted by Gasteiger charge is -2.35. The first-order valence-corrected chi connectivity index (χ1v) is 8.75. The third kappa shape index (κ3) is 5.86. The number of carboxylic acids is 1. The fourth-order valence-electron chi connectivity index (χ4n) is 2.88. The predicted octanol–water partition coefficient (Wildman–Crippen LogP) is 3.46. The number of halogens is 1. The van der Waals surface area contributed by atoms with Gasteiger partial charge in [-0.05, 0) is 43.9 Å². The van der Waals surface area contributed by atoms with Gasteiger partial charge < -0.3 is 14.7 Å². The Morgan fingerprint density at radius 1 is 1.30 bits per heavy atom. The first-order valence-electron chi connectivity index (χ1n) is 7.96. The third-order valence-electron chi connectivity index (χ3n) is 4.02.